The smallest absolute Gasteiger partial charge is 0.307 e. The molecule has 6 heteroatoms. The van der Waals surface area contributed by atoms with Crippen molar-refractivity contribution in [3.63, 3.8) is 0 Å². The summed E-state index contributed by atoms with van der Waals surface area (Å²) in [6, 6.07) is 0. The van der Waals surface area contributed by atoms with Crippen LogP contribution in [-0.4, -0.2) is 41.6 Å². The largest absolute Gasteiger partial charge is 0.355 e. The van der Waals surface area contributed by atoms with E-state index in [4.69, 9.17) is 0 Å². The van der Waals surface area contributed by atoms with E-state index in [1.807, 2.05) is 12.3 Å². The molecule has 0 fully saturated rings. The minimum Gasteiger partial charge on any atom is -0.355 e. The number of nitrogens with zero attached hydrogens (tertiary/aromatic N) is 2. The van der Waals surface area contributed by atoms with E-state index in [1.54, 1.807) is 4.57 Å². The molecular weight excluding hydrogens is 262 g/mol. The molecule has 1 N–H and O–H groups in total. The van der Waals surface area contributed by atoms with Crippen LogP contribution in [0.5, 0.6) is 0 Å². The SMILES string of the molecule is CCN(CC)CCNC(=O)CCn1c(C)csc1=O. The van der Waals surface area contributed by atoms with E-state index in [0.717, 1.165) is 25.3 Å². The van der Waals surface area contributed by atoms with Crippen LogP contribution < -0.4 is 10.2 Å². The van der Waals surface area contributed by atoms with Gasteiger partial charge in [-0.2, -0.15) is 0 Å². The Hall–Kier alpha value is -1.14. The quantitative estimate of drug-likeness (QED) is 0.777. The van der Waals surface area contributed by atoms with Gasteiger partial charge in [-0.15, -0.1) is 0 Å². The Morgan fingerprint density at radius 2 is 2.11 bits per heavy atom. The number of aryl methyl sites for hydroxylation is 1. The Bertz CT molecular complexity index is 449. The van der Waals surface area contributed by atoms with Gasteiger partial charge in [-0.3, -0.25) is 9.59 Å². The minimum atomic E-state index is 0.00431. The molecule has 1 aromatic heterocycles. The molecule has 0 aliphatic rings. The van der Waals surface area contributed by atoms with Crippen LogP contribution in [-0.2, 0) is 11.3 Å². The molecule has 0 radical (unpaired) electrons. The molecular formula is C13H23N3O2S. The van der Waals surface area contributed by atoms with Gasteiger partial charge in [0.15, 0.2) is 0 Å². The lowest BCUT2D eigenvalue weighted by atomic mass is 10.3. The summed E-state index contributed by atoms with van der Waals surface area (Å²) in [7, 11) is 0. The molecule has 1 heterocycles. The number of likely N-dealkylation sites (N-methyl/N-ethyl adjacent to an activating group) is 1. The van der Waals surface area contributed by atoms with Crippen molar-refractivity contribution in [1.82, 2.24) is 14.8 Å². The van der Waals surface area contributed by atoms with E-state index in [9.17, 15) is 9.59 Å². The zero-order chi connectivity index (χ0) is 14.3. The molecule has 1 aromatic rings. The van der Waals surface area contributed by atoms with Gasteiger partial charge in [-0.1, -0.05) is 25.2 Å². The van der Waals surface area contributed by atoms with Crippen molar-refractivity contribution in [2.75, 3.05) is 26.2 Å². The zero-order valence-corrected chi connectivity index (χ0v) is 12.8. The first kappa shape index (κ1) is 15.9. The van der Waals surface area contributed by atoms with Gasteiger partial charge in [0.05, 0.1) is 0 Å². The maximum absolute atomic E-state index is 11.7. The van der Waals surface area contributed by atoms with Crippen LogP contribution in [0, 0.1) is 6.92 Å². The first-order valence-corrected chi connectivity index (χ1v) is 7.60. The molecule has 19 heavy (non-hydrogen) atoms. The highest BCUT2D eigenvalue weighted by Gasteiger charge is 2.06. The second-order valence-corrected chi connectivity index (χ2v) is 5.24. The van der Waals surface area contributed by atoms with E-state index < -0.39 is 0 Å². The van der Waals surface area contributed by atoms with Gasteiger partial charge in [0.2, 0.25) is 5.91 Å². The fraction of sp³-hybridized carbons (Fsp3) is 0.692. The Kier molecular flexibility index (Phi) is 6.80. The summed E-state index contributed by atoms with van der Waals surface area (Å²) in [5, 5.41) is 4.71. The molecule has 0 saturated carbocycles. The van der Waals surface area contributed by atoms with Crippen molar-refractivity contribution >= 4 is 17.2 Å². The molecule has 0 aliphatic heterocycles. The van der Waals surface area contributed by atoms with Gasteiger partial charge in [-0.25, -0.2) is 0 Å². The van der Waals surface area contributed by atoms with E-state index in [2.05, 4.69) is 24.1 Å². The van der Waals surface area contributed by atoms with Crippen LogP contribution in [0.15, 0.2) is 10.2 Å². The normalized spacial score (nSPS) is 10.9. The van der Waals surface area contributed by atoms with Gasteiger partial charge in [0.1, 0.15) is 0 Å². The summed E-state index contributed by atoms with van der Waals surface area (Å²) in [5.74, 6) is 0.00431. The molecule has 1 amide bonds. The first-order chi connectivity index (χ1) is 9.08. The van der Waals surface area contributed by atoms with Gasteiger partial charge >= 0.3 is 4.87 Å². The number of carbonyl (C=O) groups excluding carboxylic acids is 1. The van der Waals surface area contributed by atoms with Crippen LogP contribution in [0.25, 0.3) is 0 Å². The Labute approximate surface area is 118 Å². The first-order valence-electron chi connectivity index (χ1n) is 6.72. The van der Waals surface area contributed by atoms with E-state index in [0.29, 0.717) is 19.5 Å². The number of amides is 1. The average Bonchev–Trinajstić information content (AvgIpc) is 2.72. The Morgan fingerprint density at radius 1 is 1.42 bits per heavy atom. The molecule has 1 rings (SSSR count). The van der Waals surface area contributed by atoms with Gasteiger partial charge in [-0.05, 0) is 20.0 Å². The van der Waals surface area contributed by atoms with Crippen molar-refractivity contribution < 1.29 is 4.79 Å². The van der Waals surface area contributed by atoms with Gasteiger partial charge in [0.25, 0.3) is 0 Å². The lowest BCUT2D eigenvalue weighted by molar-refractivity contribution is -0.121. The third-order valence-corrected chi connectivity index (χ3v) is 4.06. The Morgan fingerprint density at radius 3 is 2.63 bits per heavy atom. The summed E-state index contributed by atoms with van der Waals surface area (Å²) in [5.41, 5.74) is 0.922. The number of carbonyl (C=O) groups is 1. The van der Waals surface area contributed by atoms with Gasteiger partial charge in [0, 0.05) is 37.1 Å². The maximum atomic E-state index is 11.7. The fourth-order valence-corrected chi connectivity index (χ4v) is 2.63. The second kappa shape index (κ2) is 8.12. The fourth-order valence-electron chi connectivity index (χ4n) is 1.87. The van der Waals surface area contributed by atoms with E-state index >= 15 is 0 Å². The average molecular weight is 285 g/mol. The number of hydrogen-bond acceptors (Lipinski definition) is 4. The predicted octanol–water partition coefficient (Wildman–Crippen LogP) is 1.07. The minimum absolute atomic E-state index is 0.00431. The van der Waals surface area contributed by atoms with Crippen molar-refractivity contribution in [2.45, 2.75) is 33.7 Å². The summed E-state index contributed by atoms with van der Waals surface area (Å²) in [6.45, 7) is 10.1. The summed E-state index contributed by atoms with van der Waals surface area (Å²) >= 11 is 1.18. The molecule has 0 spiro atoms. The van der Waals surface area contributed by atoms with E-state index in [1.165, 1.54) is 11.3 Å². The lowest BCUT2D eigenvalue weighted by Crippen LogP contribution is -2.35. The summed E-state index contributed by atoms with van der Waals surface area (Å²) in [6.07, 6.45) is 0.357. The van der Waals surface area contributed by atoms with E-state index in [-0.39, 0.29) is 10.8 Å². The molecule has 0 atom stereocenters. The molecule has 0 unspecified atom stereocenters. The monoisotopic (exact) mass is 285 g/mol. The third kappa shape index (κ3) is 5.16. The van der Waals surface area contributed by atoms with Crippen LogP contribution in [0.3, 0.4) is 0 Å². The molecule has 0 bridgehead atoms. The van der Waals surface area contributed by atoms with Crippen LogP contribution >= 0.6 is 11.3 Å². The van der Waals surface area contributed by atoms with Crippen LogP contribution in [0.4, 0.5) is 0 Å². The molecule has 0 aliphatic carbocycles. The highest BCUT2D eigenvalue weighted by Crippen LogP contribution is 2.00. The summed E-state index contributed by atoms with van der Waals surface area (Å²) in [4.78, 5) is 25.4. The van der Waals surface area contributed by atoms with Crippen molar-refractivity contribution in [2.24, 2.45) is 0 Å². The number of nitrogens with one attached hydrogen (secondary N) is 1. The highest BCUT2D eigenvalue weighted by atomic mass is 32.1. The van der Waals surface area contributed by atoms with Crippen molar-refractivity contribution in [1.29, 1.82) is 0 Å². The number of hydrogen-bond donors (Lipinski definition) is 1. The van der Waals surface area contributed by atoms with Crippen molar-refractivity contribution in [3.05, 3.63) is 20.7 Å². The molecule has 5 nitrogen and oxygen atoms in total. The van der Waals surface area contributed by atoms with Crippen molar-refractivity contribution in [3.8, 4) is 0 Å². The molecule has 0 aromatic carbocycles. The molecule has 0 saturated heterocycles. The number of aromatic nitrogens is 1. The third-order valence-electron chi connectivity index (χ3n) is 3.18. The number of rotatable bonds is 8. The number of thiazole rings is 1. The Balaban J connectivity index is 2.27. The standard InChI is InChI=1S/C13H23N3O2S/c1-4-15(5-2)9-7-14-12(17)6-8-16-11(3)10-19-13(16)18/h10H,4-9H2,1-3H3,(H,14,17). The zero-order valence-electron chi connectivity index (χ0n) is 11.9. The van der Waals surface area contributed by atoms with Crippen LogP contribution in [0.1, 0.15) is 26.0 Å². The summed E-state index contributed by atoms with van der Waals surface area (Å²) < 4.78 is 1.65. The highest BCUT2D eigenvalue weighted by molar-refractivity contribution is 7.07. The topological polar surface area (TPSA) is 54.3 Å². The predicted molar refractivity (Wildman–Crippen MR) is 78.7 cm³/mol. The maximum Gasteiger partial charge on any atom is 0.307 e. The second-order valence-electron chi connectivity index (χ2n) is 4.42. The lowest BCUT2D eigenvalue weighted by Gasteiger charge is -2.17. The van der Waals surface area contributed by atoms with Gasteiger partial charge < -0.3 is 14.8 Å². The van der Waals surface area contributed by atoms with Crippen LogP contribution in [0.2, 0.25) is 0 Å². The molecule has 108 valence electrons.